The van der Waals surface area contributed by atoms with Crippen molar-refractivity contribution < 1.29 is 26.4 Å². The molecule has 1 heterocycles. The summed E-state index contributed by atoms with van der Waals surface area (Å²) < 4.78 is 67.1. The number of benzene rings is 1. The van der Waals surface area contributed by atoms with E-state index in [1.165, 1.54) is 31.3 Å². The minimum Gasteiger partial charge on any atom is -0.322 e. The van der Waals surface area contributed by atoms with Gasteiger partial charge in [0.1, 0.15) is 0 Å². The molecular weight excluding hydrogens is 375 g/mol. The summed E-state index contributed by atoms with van der Waals surface area (Å²) in [5.41, 5.74) is -1.46. The van der Waals surface area contributed by atoms with E-state index in [0.29, 0.717) is 0 Å². The normalized spacial score (nSPS) is 12.0. The topological polar surface area (TPSA) is 105 Å². The molecule has 0 saturated heterocycles. The van der Waals surface area contributed by atoms with Crippen LogP contribution in [0.3, 0.4) is 0 Å². The molecule has 0 saturated carbocycles. The van der Waals surface area contributed by atoms with E-state index in [0.717, 1.165) is 10.9 Å². The molecule has 0 spiro atoms. The maximum Gasteiger partial charge on any atom is 0.435 e. The van der Waals surface area contributed by atoms with Crippen LogP contribution in [0.5, 0.6) is 0 Å². The highest BCUT2D eigenvalue weighted by Gasteiger charge is 2.39. The van der Waals surface area contributed by atoms with Gasteiger partial charge in [0.05, 0.1) is 5.56 Å². The van der Waals surface area contributed by atoms with Crippen molar-refractivity contribution in [2.24, 2.45) is 0 Å². The fourth-order valence-corrected chi connectivity index (χ4v) is 2.53. The summed E-state index contributed by atoms with van der Waals surface area (Å²) in [6, 6.07) is 5.40. The van der Waals surface area contributed by atoms with Gasteiger partial charge in [0.2, 0.25) is 0 Å². The van der Waals surface area contributed by atoms with E-state index in [-0.39, 0.29) is 17.9 Å². The third-order valence-corrected chi connectivity index (χ3v) is 4.30. The Kier molecular flexibility index (Phi) is 5.56. The molecule has 0 radical (unpaired) electrons. The lowest BCUT2D eigenvalue weighted by Gasteiger charge is -2.09. The van der Waals surface area contributed by atoms with Crippen molar-refractivity contribution in [1.29, 1.82) is 0 Å². The number of anilines is 2. The van der Waals surface area contributed by atoms with Crippen LogP contribution in [0.25, 0.3) is 0 Å². The first kappa shape index (κ1) is 19.7. The van der Waals surface area contributed by atoms with Crippen LogP contribution in [0.2, 0.25) is 0 Å². The first-order valence-corrected chi connectivity index (χ1v) is 8.81. The van der Waals surface area contributed by atoms with Crippen LogP contribution >= 0.6 is 0 Å². The number of halogens is 3. The molecule has 12 heteroatoms. The summed E-state index contributed by atoms with van der Waals surface area (Å²) in [5.74, 6) is -0.972. The zero-order valence-electron chi connectivity index (χ0n) is 13.8. The van der Waals surface area contributed by atoms with E-state index in [4.69, 9.17) is 0 Å². The zero-order valence-corrected chi connectivity index (χ0v) is 14.6. The number of hydrogen-bond donors (Lipinski definition) is 3. The lowest BCUT2D eigenvalue weighted by molar-refractivity contribution is -0.141. The van der Waals surface area contributed by atoms with Crippen molar-refractivity contribution in [3.05, 3.63) is 41.7 Å². The summed E-state index contributed by atoms with van der Waals surface area (Å²) in [7, 11) is -2.47. The van der Waals surface area contributed by atoms with Crippen LogP contribution < -0.4 is 14.8 Å². The van der Waals surface area contributed by atoms with Gasteiger partial charge in [-0.1, -0.05) is 0 Å². The van der Waals surface area contributed by atoms with Crippen molar-refractivity contribution in [1.82, 2.24) is 14.5 Å². The molecule has 3 N–H and O–H groups in total. The molecule has 142 valence electrons. The summed E-state index contributed by atoms with van der Waals surface area (Å²) in [5, 5.41) is 5.70. The summed E-state index contributed by atoms with van der Waals surface area (Å²) >= 11 is 0. The van der Waals surface area contributed by atoms with Crippen molar-refractivity contribution >= 4 is 27.5 Å². The predicted molar refractivity (Wildman–Crippen MR) is 88.9 cm³/mol. The van der Waals surface area contributed by atoms with Gasteiger partial charge in [-0.15, -0.1) is 0 Å². The molecule has 0 unspecified atom stereocenters. The van der Waals surface area contributed by atoms with E-state index >= 15 is 0 Å². The Morgan fingerprint density at radius 1 is 1.19 bits per heavy atom. The molecule has 0 fully saturated rings. The number of aromatic nitrogens is 2. The molecule has 0 bridgehead atoms. The summed E-state index contributed by atoms with van der Waals surface area (Å²) in [6.45, 7) is 1.77. The average Bonchev–Trinajstić information content (AvgIpc) is 3.01. The molecular formula is C14H16F3N5O3S. The fourth-order valence-electron chi connectivity index (χ4n) is 1.99. The van der Waals surface area contributed by atoms with Gasteiger partial charge in [0.25, 0.3) is 16.1 Å². The highest BCUT2D eigenvalue weighted by atomic mass is 32.2. The number of nitrogens with zero attached hydrogens (tertiary/aromatic N) is 2. The summed E-state index contributed by atoms with van der Waals surface area (Å²) in [4.78, 5) is 12.2. The van der Waals surface area contributed by atoms with Gasteiger partial charge in [0, 0.05) is 31.2 Å². The number of aryl methyl sites for hydroxylation is 1. The van der Waals surface area contributed by atoms with Gasteiger partial charge < -0.3 is 5.32 Å². The van der Waals surface area contributed by atoms with E-state index < -0.39 is 33.6 Å². The van der Waals surface area contributed by atoms with E-state index in [2.05, 4.69) is 19.9 Å². The van der Waals surface area contributed by atoms with Crippen LogP contribution in [0.1, 0.15) is 23.0 Å². The first-order valence-electron chi connectivity index (χ1n) is 7.33. The largest absolute Gasteiger partial charge is 0.435 e. The Hall–Kier alpha value is -2.60. The number of carbonyl (C=O) groups is 1. The van der Waals surface area contributed by atoms with Crippen molar-refractivity contribution in [3.63, 3.8) is 0 Å². The molecule has 0 aliphatic carbocycles. The van der Waals surface area contributed by atoms with Gasteiger partial charge in [-0.3, -0.25) is 14.2 Å². The van der Waals surface area contributed by atoms with E-state index in [1.54, 1.807) is 6.92 Å². The van der Waals surface area contributed by atoms with Crippen LogP contribution in [0.15, 0.2) is 30.5 Å². The molecule has 0 aliphatic rings. The number of nitrogens with one attached hydrogen (secondary N) is 3. The molecule has 0 atom stereocenters. The number of alkyl halides is 3. The Bertz CT molecular complexity index is 892. The molecule has 2 aromatic rings. The van der Waals surface area contributed by atoms with Gasteiger partial charge >= 0.3 is 6.18 Å². The van der Waals surface area contributed by atoms with Crippen molar-refractivity contribution in [2.75, 3.05) is 17.1 Å². The molecule has 1 aromatic heterocycles. The van der Waals surface area contributed by atoms with Gasteiger partial charge in [-0.2, -0.15) is 26.7 Å². The van der Waals surface area contributed by atoms with E-state index in [1.807, 2.05) is 0 Å². The minimum absolute atomic E-state index is 0.177. The highest BCUT2D eigenvalue weighted by Crippen LogP contribution is 2.31. The highest BCUT2D eigenvalue weighted by molar-refractivity contribution is 7.90. The predicted octanol–water partition coefficient (Wildman–Crippen LogP) is 2.05. The average molecular weight is 391 g/mol. The fraction of sp³-hybridized carbons (Fsp3) is 0.286. The second kappa shape index (κ2) is 7.33. The standard InChI is InChI=1S/C14H16F3N5O3S/c1-3-22-8-11(12(20-22)14(15,16)17)13(23)19-9-4-6-10(7-5-9)21-26(24,25)18-2/h4-8,18,21H,3H2,1-2H3,(H,19,23). The molecule has 8 nitrogen and oxygen atoms in total. The third kappa shape index (κ3) is 4.73. The molecule has 1 aromatic carbocycles. The number of amides is 1. The second-order valence-corrected chi connectivity index (χ2v) is 6.71. The maximum atomic E-state index is 13.0. The summed E-state index contributed by atoms with van der Waals surface area (Å²) in [6.07, 6.45) is -3.74. The second-order valence-electron chi connectivity index (χ2n) is 5.09. The smallest absolute Gasteiger partial charge is 0.322 e. The zero-order chi connectivity index (χ0) is 19.5. The van der Waals surface area contributed by atoms with Gasteiger partial charge in [0.15, 0.2) is 5.69 Å². The van der Waals surface area contributed by atoms with Crippen LogP contribution in [0.4, 0.5) is 24.5 Å². The number of rotatable bonds is 6. The van der Waals surface area contributed by atoms with Crippen LogP contribution in [-0.2, 0) is 22.9 Å². The Labute approximate surface area is 147 Å². The lowest BCUT2D eigenvalue weighted by Crippen LogP contribution is -2.26. The molecule has 1 amide bonds. The Morgan fingerprint density at radius 3 is 2.27 bits per heavy atom. The Balaban J connectivity index is 2.19. The van der Waals surface area contributed by atoms with Crippen molar-refractivity contribution in [3.8, 4) is 0 Å². The van der Waals surface area contributed by atoms with Crippen molar-refractivity contribution in [2.45, 2.75) is 19.6 Å². The molecule has 0 aliphatic heterocycles. The lowest BCUT2D eigenvalue weighted by atomic mass is 10.2. The minimum atomic E-state index is -4.76. The first-order chi connectivity index (χ1) is 12.1. The third-order valence-electron chi connectivity index (χ3n) is 3.26. The van der Waals surface area contributed by atoms with Crippen LogP contribution in [0, 0.1) is 0 Å². The molecule has 26 heavy (non-hydrogen) atoms. The quantitative estimate of drug-likeness (QED) is 0.701. The number of carbonyl (C=O) groups excluding carboxylic acids is 1. The SMILES string of the molecule is CCn1cc(C(=O)Nc2ccc(NS(=O)(=O)NC)cc2)c(C(F)(F)F)n1. The van der Waals surface area contributed by atoms with Crippen LogP contribution in [-0.4, -0.2) is 31.2 Å². The van der Waals surface area contributed by atoms with Gasteiger partial charge in [-0.05, 0) is 31.2 Å². The van der Waals surface area contributed by atoms with E-state index in [9.17, 15) is 26.4 Å². The monoisotopic (exact) mass is 391 g/mol. The number of hydrogen-bond acceptors (Lipinski definition) is 4. The maximum absolute atomic E-state index is 13.0. The molecule has 2 rings (SSSR count). The van der Waals surface area contributed by atoms with Gasteiger partial charge in [-0.25, -0.2) is 4.72 Å². The Morgan fingerprint density at radius 2 is 1.77 bits per heavy atom.